The number of hydrogen-bond acceptors (Lipinski definition) is 7. The van der Waals surface area contributed by atoms with E-state index >= 15 is 0 Å². The van der Waals surface area contributed by atoms with Crippen LogP contribution in [-0.4, -0.2) is 52.1 Å². The van der Waals surface area contributed by atoms with Crippen LogP contribution >= 0.6 is 0 Å². The zero-order chi connectivity index (χ0) is 37.2. The van der Waals surface area contributed by atoms with Crippen LogP contribution in [0.4, 0.5) is 0 Å². The van der Waals surface area contributed by atoms with Gasteiger partial charge >= 0.3 is 0 Å². The summed E-state index contributed by atoms with van der Waals surface area (Å²) >= 11 is 0. The molecule has 0 radical (unpaired) electrons. The van der Waals surface area contributed by atoms with Gasteiger partial charge < -0.3 is 0 Å². The fourth-order valence-corrected chi connectivity index (χ4v) is 15.3. The molecule has 0 N–H and O–H groups in total. The molecule has 2 aliphatic rings. The Bertz CT molecular complexity index is 3210. The van der Waals surface area contributed by atoms with E-state index in [1.54, 1.807) is 24.8 Å². The van der Waals surface area contributed by atoms with Crippen molar-refractivity contribution in [2.45, 2.75) is 0 Å². The van der Waals surface area contributed by atoms with Crippen LogP contribution in [0.25, 0.3) is 89.7 Å². The lowest BCUT2D eigenvalue weighted by molar-refractivity contribution is 0.875. The van der Waals surface area contributed by atoms with Gasteiger partial charge in [-0.3, -0.25) is 0 Å². The molecule has 11 aromatic rings. The van der Waals surface area contributed by atoms with Crippen molar-refractivity contribution in [3.63, 3.8) is 0 Å². The van der Waals surface area contributed by atoms with E-state index in [2.05, 4.69) is 115 Å². The first-order chi connectivity index (χ1) is 28.3. The Labute approximate surface area is 325 Å². The summed E-state index contributed by atoms with van der Waals surface area (Å²) in [7, 11) is -2.72. The number of fused-ring (bicyclic) bond motifs is 16. The first-order valence-electron chi connectivity index (χ1n) is 18.9. The Morgan fingerprint density at radius 3 is 1.16 bits per heavy atom. The highest BCUT2D eigenvalue weighted by Crippen LogP contribution is 2.38. The van der Waals surface area contributed by atoms with E-state index in [1.165, 1.54) is 43.0 Å². The predicted octanol–water partition coefficient (Wildman–Crippen LogP) is 6.65. The fourth-order valence-electron chi connectivity index (χ4n) is 9.64. The molecule has 10 heteroatoms. The molecule has 1 spiro atoms. The maximum atomic E-state index is 5.32. The van der Waals surface area contributed by atoms with Crippen LogP contribution < -0.4 is 20.7 Å². The molecule has 9 heterocycles. The third-order valence-corrected chi connectivity index (χ3v) is 16.8. The van der Waals surface area contributed by atoms with Crippen LogP contribution in [-0.2, 0) is 0 Å². The van der Waals surface area contributed by atoms with E-state index < -0.39 is 8.07 Å². The van der Waals surface area contributed by atoms with Crippen molar-refractivity contribution in [3.05, 3.63) is 164 Å². The lowest BCUT2D eigenvalue weighted by atomic mass is 10.0. The average Bonchev–Trinajstić information content (AvgIpc) is 3.98. The zero-order valence-corrected chi connectivity index (χ0v) is 31.1. The molecule has 0 amide bonds. The summed E-state index contributed by atoms with van der Waals surface area (Å²) in [6, 6.07) is 49.8. The predicted molar refractivity (Wildman–Crippen MR) is 227 cm³/mol. The highest BCUT2D eigenvalue weighted by Gasteiger charge is 2.53. The standard InChI is InChI=1S/C47H27N9Si/c1-4-18-37-29(11-1)30-12-2-5-19-38(30)57(37)39-20-6-3-13-31(39)32-22-21-28(27-40(32)57)41-52-46(55-42-33(14-7-23-48-42)34-15-8-24-49-43(34)55)54-47(53-41)56-44-35(16-9-25-50-44)36-17-10-26-51-45(36)56/h1-27H. The maximum Gasteiger partial charge on any atom is 0.242 e. The van der Waals surface area contributed by atoms with E-state index in [0.29, 0.717) is 40.3 Å². The molecule has 0 bridgehead atoms. The van der Waals surface area contributed by atoms with E-state index in [9.17, 15) is 0 Å². The van der Waals surface area contributed by atoms with Gasteiger partial charge in [-0.2, -0.15) is 15.0 Å². The Kier molecular flexibility index (Phi) is 6.01. The summed E-state index contributed by atoms with van der Waals surface area (Å²) < 4.78 is 3.88. The first-order valence-corrected chi connectivity index (χ1v) is 20.9. The van der Waals surface area contributed by atoms with Crippen molar-refractivity contribution in [1.82, 2.24) is 44.0 Å². The maximum absolute atomic E-state index is 5.32. The lowest BCUT2D eigenvalue weighted by Crippen LogP contribution is -2.70. The quantitative estimate of drug-likeness (QED) is 0.187. The van der Waals surface area contributed by atoms with Gasteiger partial charge in [-0.1, -0.05) is 91.0 Å². The van der Waals surface area contributed by atoms with E-state index in [4.69, 9.17) is 34.9 Å². The molecule has 0 saturated carbocycles. The highest BCUT2D eigenvalue weighted by molar-refractivity contribution is 7.24. The largest absolute Gasteiger partial charge is 0.245 e. The summed E-state index contributed by atoms with van der Waals surface area (Å²) in [5.41, 5.74) is 8.91. The van der Waals surface area contributed by atoms with E-state index in [0.717, 1.165) is 27.1 Å². The van der Waals surface area contributed by atoms with Crippen LogP contribution in [0.15, 0.2) is 164 Å². The molecule has 264 valence electrons. The van der Waals surface area contributed by atoms with Gasteiger partial charge in [0, 0.05) is 51.9 Å². The zero-order valence-electron chi connectivity index (χ0n) is 30.1. The van der Waals surface area contributed by atoms with Gasteiger partial charge in [0.1, 0.15) is 22.6 Å². The molecule has 0 fully saturated rings. The van der Waals surface area contributed by atoms with Crippen LogP contribution in [0.1, 0.15) is 0 Å². The molecule has 7 aromatic heterocycles. The second-order valence-corrected chi connectivity index (χ2v) is 18.2. The number of aromatic nitrogens is 9. The van der Waals surface area contributed by atoms with Crippen LogP contribution in [0.3, 0.4) is 0 Å². The van der Waals surface area contributed by atoms with E-state index in [1.807, 2.05) is 33.4 Å². The number of nitrogens with zero attached hydrogens (tertiary/aromatic N) is 9. The minimum atomic E-state index is -2.72. The fraction of sp³-hybridized carbons (Fsp3) is 0. The van der Waals surface area contributed by atoms with Crippen molar-refractivity contribution < 1.29 is 0 Å². The number of hydrogen-bond donors (Lipinski definition) is 0. The third kappa shape index (κ3) is 3.93. The van der Waals surface area contributed by atoms with Crippen LogP contribution in [0.2, 0.25) is 0 Å². The summed E-state index contributed by atoms with van der Waals surface area (Å²) in [5.74, 6) is 1.34. The molecule has 0 saturated heterocycles. The Hall–Kier alpha value is -7.69. The van der Waals surface area contributed by atoms with Crippen molar-refractivity contribution in [2.24, 2.45) is 0 Å². The second-order valence-electron chi connectivity index (χ2n) is 14.6. The molecule has 57 heavy (non-hydrogen) atoms. The summed E-state index contributed by atoms with van der Waals surface area (Å²) in [5, 5.41) is 9.43. The van der Waals surface area contributed by atoms with Crippen LogP contribution in [0.5, 0.6) is 0 Å². The molecule has 13 rings (SSSR count). The molecule has 2 aliphatic heterocycles. The van der Waals surface area contributed by atoms with E-state index in [-0.39, 0.29) is 0 Å². The normalized spacial score (nSPS) is 13.4. The molecule has 0 atom stereocenters. The Morgan fingerprint density at radius 1 is 0.351 bits per heavy atom. The van der Waals surface area contributed by atoms with Crippen molar-refractivity contribution in [2.75, 3.05) is 0 Å². The smallest absolute Gasteiger partial charge is 0.242 e. The van der Waals surface area contributed by atoms with Gasteiger partial charge in [0.15, 0.2) is 13.9 Å². The number of benzene rings is 4. The van der Waals surface area contributed by atoms with Crippen LogP contribution in [0, 0.1) is 0 Å². The van der Waals surface area contributed by atoms with Gasteiger partial charge in [-0.25, -0.2) is 29.1 Å². The summed E-state index contributed by atoms with van der Waals surface area (Å²) in [4.78, 5) is 35.3. The summed E-state index contributed by atoms with van der Waals surface area (Å²) in [6.45, 7) is 0. The number of rotatable bonds is 3. The summed E-state index contributed by atoms with van der Waals surface area (Å²) in [6.07, 6.45) is 7.17. The molecular formula is C47H27N9Si. The van der Waals surface area contributed by atoms with Crippen molar-refractivity contribution in [3.8, 4) is 45.5 Å². The molecule has 0 aliphatic carbocycles. The Balaban J connectivity index is 1.13. The highest BCUT2D eigenvalue weighted by atomic mass is 28.3. The third-order valence-electron chi connectivity index (χ3n) is 11.8. The minimum Gasteiger partial charge on any atom is -0.245 e. The Morgan fingerprint density at radius 2 is 0.737 bits per heavy atom. The second kappa shape index (κ2) is 11.2. The van der Waals surface area contributed by atoms with Gasteiger partial charge in [0.2, 0.25) is 11.9 Å². The van der Waals surface area contributed by atoms with Gasteiger partial charge in [0.25, 0.3) is 0 Å². The van der Waals surface area contributed by atoms with Crippen molar-refractivity contribution >= 4 is 73.0 Å². The molecular weight excluding hydrogens is 719 g/mol. The average molecular weight is 746 g/mol. The topological polar surface area (TPSA) is 100 Å². The van der Waals surface area contributed by atoms with Crippen molar-refractivity contribution in [1.29, 1.82) is 0 Å². The minimum absolute atomic E-state index is 0.404. The molecule has 4 aromatic carbocycles. The van der Waals surface area contributed by atoms with Gasteiger partial charge in [0.05, 0.1) is 0 Å². The van der Waals surface area contributed by atoms with Gasteiger partial charge in [-0.15, -0.1) is 0 Å². The molecule has 9 nitrogen and oxygen atoms in total. The SMILES string of the molecule is c1ccc2c(c1)-c1ccccc1[Si]21c2ccccc2-c2ccc(-c3nc(-n4c5ncccc5c5cccnc54)nc(-n4c5ncccc5c5cccnc54)n3)cc21. The van der Waals surface area contributed by atoms with Gasteiger partial charge in [-0.05, 0) is 91.5 Å². The lowest BCUT2D eigenvalue weighted by Gasteiger charge is -2.28. The molecule has 0 unspecified atom stereocenters. The monoisotopic (exact) mass is 745 g/mol. The first kappa shape index (κ1) is 30.6. The number of pyridine rings is 4.